The third-order valence-electron chi connectivity index (χ3n) is 6.94. The smallest absolute Gasteiger partial charge is 0.255 e. The predicted octanol–water partition coefficient (Wildman–Crippen LogP) is 2.83. The van der Waals surface area contributed by atoms with E-state index in [2.05, 4.69) is 29.0 Å². The molecule has 2 aliphatic rings. The Bertz CT molecular complexity index is 1230. The van der Waals surface area contributed by atoms with Gasteiger partial charge >= 0.3 is 0 Å². The van der Waals surface area contributed by atoms with Gasteiger partial charge in [0.25, 0.3) is 5.91 Å². The first kappa shape index (κ1) is 25.2. The molecule has 36 heavy (non-hydrogen) atoms. The van der Waals surface area contributed by atoms with Gasteiger partial charge in [0, 0.05) is 54.5 Å². The predicted molar refractivity (Wildman–Crippen MR) is 144 cm³/mol. The first-order valence-electron chi connectivity index (χ1n) is 12.1. The van der Waals surface area contributed by atoms with E-state index in [1.165, 1.54) is 11.4 Å². The number of nitrogen functional groups attached to an aromatic ring is 1. The molecule has 0 radical (unpaired) electrons. The number of amides is 1. The fourth-order valence-corrected chi connectivity index (χ4v) is 4.96. The maximum absolute atomic E-state index is 13.0. The van der Waals surface area contributed by atoms with Crippen LogP contribution in [0.4, 0.5) is 17.2 Å². The average Bonchev–Trinajstić information content (AvgIpc) is 2.85. The van der Waals surface area contributed by atoms with Crippen molar-refractivity contribution in [1.82, 2.24) is 14.9 Å². The first-order chi connectivity index (χ1) is 17.0. The van der Waals surface area contributed by atoms with Gasteiger partial charge in [0.2, 0.25) is 5.96 Å². The summed E-state index contributed by atoms with van der Waals surface area (Å²) in [7, 11) is 1.70. The van der Waals surface area contributed by atoms with E-state index < -0.39 is 0 Å². The van der Waals surface area contributed by atoms with Gasteiger partial charge in [-0.05, 0) is 55.5 Å². The molecule has 1 fully saturated rings. The lowest BCUT2D eigenvalue weighted by Gasteiger charge is -2.36. The monoisotopic (exact) mass is 489 g/mol. The minimum atomic E-state index is -0.316. The van der Waals surface area contributed by atoms with Gasteiger partial charge in [-0.1, -0.05) is 13.8 Å². The Kier molecular flexibility index (Phi) is 6.98. The molecule has 10 nitrogen and oxygen atoms in total. The molecule has 190 valence electrons. The van der Waals surface area contributed by atoms with Crippen LogP contribution in [0.5, 0.6) is 0 Å². The zero-order chi connectivity index (χ0) is 26.1. The van der Waals surface area contributed by atoms with Crippen molar-refractivity contribution in [2.75, 3.05) is 42.6 Å². The van der Waals surface area contributed by atoms with Crippen LogP contribution >= 0.6 is 0 Å². The van der Waals surface area contributed by atoms with E-state index in [4.69, 9.17) is 22.4 Å². The number of allylic oxidation sites excluding steroid dienone is 1. The molecule has 7 N–H and O–H groups in total. The molecule has 1 unspecified atom stereocenters. The number of nitrogens with one attached hydrogen (secondary N) is 3. The van der Waals surface area contributed by atoms with Crippen LogP contribution in [0, 0.1) is 22.7 Å². The van der Waals surface area contributed by atoms with Gasteiger partial charge in [0.1, 0.15) is 5.82 Å². The molecule has 10 heteroatoms. The Hall–Kier alpha value is -3.92. The number of nitrogens with two attached hydrogens (primary N) is 2. The molecule has 0 spiro atoms. The molecule has 2 atom stereocenters. The van der Waals surface area contributed by atoms with Crippen molar-refractivity contribution in [2.45, 2.75) is 27.2 Å². The molecular weight excluding hydrogens is 454 g/mol. The van der Waals surface area contributed by atoms with Crippen LogP contribution in [0.2, 0.25) is 0 Å². The highest BCUT2D eigenvalue weighted by atomic mass is 16.1. The van der Waals surface area contributed by atoms with Gasteiger partial charge < -0.3 is 20.9 Å². The van der Waals surface area contributed by atoms with Gasteiger partial charge in [0.05, 0.1) is 17.8 Å². The van der Waals surface area contributed by atoms with E-state index in [0.717, 1.165) is 18.9 Å². The fourth-order valence-electron chi connectivity index (χ4n) is 4.96. The second-order valence-electron chi connectivity index (χ2n) is 9.96. The summed E-state index contributed by atoms with van der Waals surface area (Å²) in [4.78, 5) is 21.5. The Balaban J connectivity index is 1.56. The fraction of sp³-hybridized carbons (Fsp3) is 0.385. The van der Waals surface area contributed by atoms with E-state index in [1.807, 2.05) is 12.1 Å². The summed E-state index contributed by atoms with van der Waals surface area (Å²) in [6, 6.07) is 8.86. The quantitative estimate of drug-likeness (QED) is 0.246. The highest BCUT2D eigenvalue weighted by Crippen LogP contribution is 2.27. The van der Waals surface area contributed by atoms with E-state index in [9.17, 15) is 4.79 Å². The van der Waals surface area contributed by atoms with Crippen molar-refractivity contribution < 1.29 is 4.79 Å². The number of anilines is 3. The Morgan fingerprint density at radius 1 is 1.17 bits per heavy atom. The summed E-state index contributed by atoms with van der Waals surface area (Å²) in [5, 5.41) is 21.0. The molecule has 1 aromatic carbocycles. The van der Waals surface area contributed by atoms with Crippen molar-refractivity contribution >= 4 is 34.8 Å². The van der Waals surface area contributed by atoms with Crippen molar-refractivity contribution in [1.29, 1.82) is 10.8 Å². The molecular formula is C26H35N9O. The zero-order valence-corrected chi connectivity index (χ0v) is 21.3. The van der Waals surface area contributed by atoms with E-state index in [1.54, 1.807) is 43.3 Å². The minimum absolute atomic E-state index is 0.123. The Morgan fingerprint density at radius 2 is 1.86 bits per heavy atom. The van der Waals surface area contributed by atoms with Crippen LogP contribution in [0.25, 0.3) is 0 Å². The number of hydrogen-bond acceptors (Lipinski definition) is 7. The van der Waals surface area contributed by atoms with Crippen molar-refractivity contribution in [3.05, 3.63) is 58.9 Å². The molecule has 1 aromatic heterocycles. The van der Waals surface area contributed by atoms with Crippen LogP contribution in [-0.4, -0.2) is 59.2 Å². The number of piperidine rings is 1. The summed E-state index contributed by atoms with van der Waals surface area (Å²) in [5.41, 5.74) is 9.85. The maximum atomic E-state index is 13.0. The van der Waals surface area contributed by atoms with Gasteiger partial charge in [-0.15, -0.1) is 0 Å². The number of carbonyl (C=O) groups excluding carboxylic acids is 1. The topological polar surface area (TPSA) is 151 Å². The Morgan fingerprint density at radius 3 is 2.56 bits per heavy atom. The summed E-state index contributed by atoms with van der Waals surface area (Å²) in [6.45, 7) is 8.32. The van der Waals surface area contributed by atoms with Gasteiger partial charge in [-0.2, -0.15) is 0 Å². The summed E-state index contributed by atoms with van der Waals surface area (Å²) in [5.74, 6) is 7.73. The highest BCUT2D eigenvalue weighted by molar-refractivity contribution is 6.15. The zero-order valence-electron chi connectivity index (χ0n) is 21.3. The van der Waals surface area contributed by atoms with Gasteiger partial charge in [-0.25, -0.2) is 10.8 Å². The van der Waals surface area contributed by atoms with E-state index >= 15 is 0 Å². The summed E-state index contributed by atoms with van der Waals surface area (Å²) in [6.07, 6.45) is 2.94. The highest BCUT2D eigenvalue weighted by Gasteiger charge is 2.27. The number of aromatic nitrogens is 1. The number of hydrazine groups is 1. The number of rotatable bonds is 5. The van der Waals surface area contributed by atoms with Crippen LogP contribution < -0.4 is 21.8 Å². The van der Waals surface area contributed by atoms with Gasteiger partial charge in [-0.3, -0.25) is 20.6 Å². The van der Waals surface area contributed by atoms with E-state index in [0.29, 0.717) is 45.6 Å². The number of hydrogen-bond donors (Lipinski definition) is 5. The van der Waals surface area contributed by atoms with E-state index in [-0.39, 0.29) is 24.1 Å². The normalized spacial score (nSPS) is 20.6. The minimum Gasteiger partial charge on any atom is -0.398 e. The van der Waals surface area contributed by atoms with Crippen LogP contribution in [0.15, 0.2) is 47.8 Å². The lowest BCUT2D eigenvalue weighted by molar-refractivity contribution is -0.113. The lowest BCUT2D eigenvalue weighted by Crippen LogP contribution is -2.51. The van der Waals surface area contributed by atoms with Crippen molar-refractivity contribution in [3.63, 3.8) is 0 Å². The van der Waals surface area contributed by atoms with Crippen LogP contribution in [-0.2, 0) is 4.79 Å². The number of pyridine rings is 1. The van der Waals surface area contributed by atoms with Gasteiger partial charge in [0.15, 0.2) is 0 Å². The maximum Gasteiger partial charge on any atom is 0.255 e. The SMILES string of the molecule is CC1=C(C(=O)Nc2ccc(N)c(C(=N)c3ccnc(N4CC(C)C[C@H](C)C4)c3)c2)CN(N)C(=N)N1C. The molecule has 2 aliphatic heterocycles. The molecule has 0 saturated carbocycles. The Labute approximate surface area is 211 Å². The van der Waals surface area contributed by atoms with Crippen molar-refractivity contribution in [3.8, 4) is 0 Å². The lowest BCUT2D eigenvalue weighted by atomic mass is 9.92. The van der Waals surface area contributed by atoms with Crippen LogP contribution in [0.3, 0.4) is 0 Å². The standard InChI is InChI=1S/C26H35N9O/c1-15-9-16(2)13-34(12-15)23-10-18(7-8-31-23)24(28)20-11-19(5-6-22(20)27)32-25(36)21-14-35(30)26(29)33(4)17(21)3/h5-8,10-11,15-16,28-29H,9,12-14,27,30H2,1-4H3,(H,32,36)/t15-,16?/m0/s1. The molecule has 2 aromatic rings. The van der Waals surface area contributed by atoms with Crippen LogP contribution in [0.1, 0.15) is 38.3 Å². The summed E-state index contributed by atoms with van der Waals surface area (Å²) < 4.78 is 0. The molecule has 0 aliphatic carbocycles. The molecule has 1 saturated heterocycles. The number of nitrogens with zero attached hydrogens (tertiary/aromatic N) is 4. The molecule has 0 bridgehead atoms. The van der Waals surface area contributed by atoms with Crippen molar-refractivity contribution in [2.24, 2.45) is 17.7 Å². The number of benzene rings is 1. The first-order valence-corrected chi connectivity index (χ1v) is 12.1. The molecule has 1 amide bonds. The second kappa shape index (κ2) is 9.98. The third-order valence-corrected chi connectivity index (χ3v) is 6.94. The second-order valence-corrected chi connectivity index (χ2v) is 9.96. The molecule has 3 heterocycles. The summed E-state index contributed by atoms with van der Waals surface area (Å²) >= 11 is 0. The molecule has 4 rings (SSSR count). The average molecular weight is 490 g/mol. The number of carbonyl (C=O) groups is 1. The third kappa shape index (κ3) is 5.03. The number of guanidine groups is 1. The largest absolute Gasteiger partial charge is 0.398 e.